The van der Waals surface area contributed by atoms with Crippen molar-refractivity contribution >= 4 is 23.8 Å². The molecular formula is C20H14F4N4. The second-order valence-electron chi connectivity index (χ2n) is 5.66. The first-order chi connectivity index (χ1) is 13.5. The molecule has 0 aliphatic rings. The van der Waals surface area contributed by atoms with Crippen molar-refractivity contribution in [2.75, 3.05) is 10.9 Å². The molecule has 0 saturated heterocycles. The summed E-state index contributed by atoms with van der Waals surface area (Å²) in [5.74, 6) is -2.85. The van der Waals surface area contributed by atoms with Gasteiger partial charge >= 0.3 is 0 Å². The van der Waals surface area contributed by atoms with E-state index in [1.807, 2.05) is 0 Å². The van der Waals surface area contributed by atoms with E-state index in [1.165, 1.54) is 24.6 Å². The Kier molecular flexibility index (Phi) is 6.01. The first-order valence-corrected chi connectivity index (χ1v) is 8.09. The molecule has 3 aromatic rings. The number of hydrogen-bond donors (Lipinski definition) is 2. The van der Waals surface area contributed by atoms with Gasteiger partial charge in [0.1, 0.15) is 11.6 Å². The summed E-state index contributed by atoms with van der Waals surface area (Å²) < 4.78 is 52.8. The fraction of sp³-hybridized carbons (Fsp3) is 0. The van der Waals surface area contributed by atoms with E-state index in [1.54, 1.807) is 24.3 Å². The second-order valence-corrected chi connectivity index (χ2v) is 5.66. The van der Waals surface area contributed by atoms with Crippen LogP contribution in [0.5, 0.6) is 0 Å². The van der Waals surface area contributed by atoms with Crippen LogP contribution in [-0.2, 0) is 0 Å². The zero-order chi connectivity index (χ0) is 19.9. The first-order valence-electron chi connectivity index (χ1n) is 8.09. The van der Waals surface area contributed by atoms with Crippen LogP contribution >= 0.6 is 0 Å². The molecule has 0 radical (unpaired) electrons. The fourth-order valence-electron chi connectivity index (χ4n) is 2.23. The lowest BCUT2D eigenvalue weighted by atomic mass is 10.1. The van der Waals surface area contributed by atoms with Gasteiger partial charge in [-0.05, 0) is 41.5 Å². The minimum absolute atomic E-state index is 0.0425. The van der Waals surface area contributed by atoms with Crippen molar-refractivity contribution in [2.24, 2.45) is 10.2 Å². The monoisotopic (exact) mass is 386 g/mol. The minimum atomic E-state index is -0.753. The van der Waals surface area contributed by atoms with Gasteiger partial charge < -0.3 is 0 Å². The molecule has 142 valence electrons. The molecule has 2 N–H and O–H groups in total. The van der Waals surface area contributed by atoms with Gasteiger partial charge in [-0.3, -0.25) is 10.9 Å². The van der Waals surface area contributed by atoms with Gasteiger partial charge in [0.05, 0.1) is 23.8 Å². The third-order valence-corrected chi connectivity index (χ3v) is 3.57. The van der Waals surface area contributed by atoms with Gasteiger partial charge in [-0.25, -0.2) is 17.6 Å². The maximum Gasteiger partial charge on any atom is 0.151 e. The lowest BCUT2D eigenvalue weighted by Crippen LogP contribution is -1.96. The van der Waals surface area contributed by atoms with Crippen LogP contribution in [0.2, 0.25) is 0 Å². The van der Waals surface area contributed by atoms with Crippen LogP contribution in [0.1, 0.15) is 11.1 Å². The molecule has 3 rings (SSSR count). The number of hydrazone groups is 2. The molecule has 0 heterocycles. The third-order valence-electron chi connectivity index (χ3n) is 3.57. The molecule has 3 aromatic carbocycles. The molecule has 0 fully saturated rings. The summed E-state index contributed by atoms with van der Waals surface area (Å²) in [5.41, 5.74) is 6.44. The molecule has 28 heavy (non-hydrogen) atoms. The van der Waals surface area contributed by atoms with Crippen LogP contribution in [0.15, 0.2) is 70.9 Å². The number of benzene rings is 3. The van der Waals surface area contributed by atoms with Gasteiger partial charge in [-0.15, -0.1) is 0 Å². The standard InChI is InChI=1S/C20H14F4N4/c21-15-4-6-19(17(23)9-15)27-25-11-13-2-1-3-14(8-13)12-26-28-20-7-5-16(22)10-18(20)24/h1-12,27-28H/b25-11-,26-12-. The summed E-state index contributed by atoms with van der Waals surface area (Å²) in [6, 6.07) is 13.2. The van der Waals surface area contributed by atoms with Crippen molar-refractivity contribution in [1.29, 1.82) is 0 Å². The van der Waals surface area contributed by atoms with Gasteiger partial charge in [-0.1, -0.05) is 18.2 Å². The van der Waals surface area contributed by atoms with Crippen LogP contribution in [0.4, 0.5) is 28.9 Å². The second kappa shape index (κ2) is 8.81. The third kappa shape index (κ3) is 5.16. The highest BCUT2D eigenvalue weighted by atomic mass is 19.1. The molecule has 0 aliphatic carbocycles. The number of nitrogens with zero attached hydrogens (tertiary/aromatic N) is 2. The molecule has 0 aliphatic heterocycles. The summed E-state index contributed by atoms with van der Waals surface area (Å²) in [7, 11) is 0. The molecule has 0 spiro atoms. The van der Waals surface area contributed by atoms with Crippen LogP contribution in [0.25, 0.3) is 0 Å². The molecule has 0 aromatic heterocycles. The Bertz CT molecular complexity index is 956. The van der Waals surface area contributed by atoms with Crippen molar-refractivity contribution in [1.82, 2.24) is 0 Å². The molecule has 0 unspecified atom stereocenters. The van der Waals surface area contributed by atoms with Crippen molar-refractivity contribution in [2.45, 2.75) is 0 Å². The van der Waals surface area contributed by atoms with Crippen molar-refractivity contribution in [3.8, 4) is 0 Å². The summed E-state index contributed by atoms with van der Waals surface area (Å²) in [5, 5.41) is 7.82. The molecule has 4 nitrogen and oxygen atoms in total. The molecule has 0 saturated carbocycles. The van der Waals surface area contributed by atoms with E-state index in [9.17, 15) is 17.6 Å². The predicted octanol–water partition coefficient (Wildman–Crippen LogP) is 5.14. The Morgan fingerprint density at radius 1 is 0.607 bits per heavy atom. The predicted molar refractivity (Wildman–Crippen MR) is 102 cm³/mol. The molecule has 0 amide bonds. The van der Waals surface area contributed by atoms with Gasteiger partial charge in [0, 0.05) is 12.1 Å². The lowest BCUT2D eigenvalue weighted by Gasteiger charge is -2.03. The maximum atomic E-state index is 13.5. The summed E-state index contributed by atoms with van der Waals surface area (Å²) >= 11 is 0. The highest BCUT2D eigenvalue weighted by molar-refractivity contribution is 5.86. The summed E-state index contributed by atoms with van der Waals surface area (Å²) in [4.78, 5) is 0. The summed E-state index contributed by atoms with van der Waals surface area (Å²) in [6.45, 7) is 0. The van der Waals surface area contributed by atoms with Crippen LogP contribution in [0, 0.1) is 23.3 Å². The SMILES string of the molecule is Fc1ccc(N/N=C\c2cccc(/C=N\Nc3ccc(F)cc3F)c2)c(F)c1. The normalized spacial score (nSPS) is 11.3. The van der Waals surface area contributed by atoms with Crippen molar-refractivity contribution in [3.05, 3.63) is 95.1 Å². The highest BCUT2D eigenvalue weighted by Crippen LogP contribution is 2.15. The Balaban J connectivity index is 1.63. The Morgan fingerprint density at radius 3 is 1.50 bits per heavy atom. The van der Waals surface area contributed by atoms with Crippen LogP contribution < -0.4 is 10.9 Å². The van der Waals surface area contributed by atoms with Crippen molar-refractivity contribution < 1.29 is 17.6 Å². The number of anilines is 2. The number of rotatable bonds is 6. The fourth-order valence-corrected chi connectivity index (χ4v) is 2.23. The molecular weight excluding hydrogens is 372 g/mol. The van der Waals surface area contributed by atoms with Gasteiger partial charge in [0.2, 0.25) is 0 Å². The highest BCUT2D eigenvalue weighted by Gasteiger charge is 2.02. The number of nitrogens with one attached hydrogen (secondary N) is 2. The Hall–Kier alpha value is -3.68. The average molecular weight is 386 g/mol. The van der Waals surface area contributed by atoms with Crippen molar-refractivity contribution in [3.63, 3.8) is 0 Å². The Morgan fingerprint density at radius 2 is 1.07 bits per heavy atom. The van der Waals surface area contributed by atoms with E-state index in [4.69, 9.17) is 0 Å². The topological polar surface area (TPSA) is 48.8 Å². The van der Waals surface area contributed by atoms with Gasteiger partial charge in [0.15, 0.2) is 11.6 Å². The van der Waals surface area contributed by atoms with E-state index in [2.05, 4.69) is 21.1 Å². The van der Waals surface area contributed by atoms with E-state index in [0.717, 1.165) is 24.3 Å². The Labute approximate surface area is 158 Å². The molecule has 0 bridgehead atoms. The smallest absolute Gasteiger partial charge is 0.151 e. The zero-order valence-electron chi connectivity index (χ0n) is 14.3. The van der Waals surface area contributed by atoms with E-state index in [-0.39, 0.29) is 11.4 Å². The van der Waals surface area contributed by atoms with E-state index < -0.39 is 23.3 Å². The lowest BCUT2D eigenvalue weighted by molar-refractivity contribution is 0.584. The minimum Gasteiger partial charge on any atom is -0.276 e. The number of halogens is 4. The number of hydrogen-bond acceptors (Lipinski definition) is 4. The molecule has 8 heteroatoms. The zero-order valence-corrected chi connectivity index (χ0v) is 14.3. The summed E-state index contributed by atoms with van der Waals surface area (Å²) in [6.07, 6.45) is 2.90. The quantitative estimate of drug-likeness (QED) is 0.350. The maximum absolute atomic E-state index is 13.5. The first kappa shape index (κ1) is 19.1. The van der Waals surface area contributed by atoms with Gasteiger partial charge in [0.25, 0.3) is 0 Å². The van der Waals surface area contributed by atoms with E-state index >= 15 is 0 Å². The average Bonchev–Trinajstić information content (AvgIpc) is 2.66. The van der Waals surface area contributed by atoms with Crippen LogP contribution in [-0.4, -0.2) is 12.4 Å². The van der Waals surface area contributed by atoms with Gasteiger partial charge in [-0.2, -0.15) is 10.2 Å². The molecule has 0 atom stereocenters. The van der Waals surface area contributed by atoms with Crippen LogP contribution in [0.3, 0.4) is 0 Å². The largest absolute Gasteiger partial charge is 0.276 e. The van der Waals surface area contributed by atoms with E-state index in [0.29, 0.717) is 11.1 Å².